The number of hydrogen-bond acceptors (Lipinski definition) is 4. The Labute approximate surface area is 203 Å². The van der Waals surface area contributed by atoms with Crippen LogP contribution in [0.3, 0.4) is 0 Å². The molecule has 0 heterocycles. The van der Waals surface area contributed by atoms with E-state index < -0.39 is 22.7 Å². The van der Waals surface area contributed by atoms with Gasteiger partial charge in [0.05, 0.1) is 5.92 Å². The van der Waals surface area contributed by atoms with Gasteiger partial charge >= 0.3 is 0 Å². The fraction of sp³-hybridized carbons (Fsp3) is 0.129. The third kappa shape index (κ3) is 2.52. The lowest BCUT2D eigenvalue weighted by atomic mass is 9.61. The maximum atomic E-state index is 14.7. The highest BCUT2D eigenvalue weighted by Crippen LogP contribution is 2.69. The van der Waals surface area contributed by atoms with Gasteiger partial charge in [-0.25, -0.2) is 0 Å². The van der Waals surface area contributed by atoms with Gasteiger partial charge < -0.3 is 4.74 Å². The molecule has 0 amide bonds. The number of ketones is 3. The molecule has 3 atom stereocenters. The Hall–Kier alpha value is -4.15. The highest BCUT2D eigenvalue weighted by atomic mass is 16.5. The van der Waals surface area contributed by atoms with Crippen LogP contribution in [0.25, 0.3) is 0 Å². The lowest BCUT2D eigenvalue weighted by Crippen LogP contribution is -2.54. The van der Waals surface area contributed by atoms with E-state index in [1.807, 2.05) is 48.5 Å². The zero-order valence-corrected chi connectivity index (χ0v) is 19.1. The predicted octanol–water partition coefficient (Wildman–Crippen LogP) is 5.62. The Bertz CT molecular complexity index is 1490. The van der Waals surface area contributed by atoms with Crippen LogP contribution < -0.4 is 0 Å². The second kappa shape index (κ2) is 7.69. The minimum absolute atomic E-state index is 0.276. The summed E-state index contributed by atoms with van der Waals surface area (Å²) >= 11 is 0. The standard InChI is InChI=1S/C31H22O4/c1-35-31-24-18-10-8-16-22(24)26(27(32)20-12-4-2-5-13-20)30(31,28(33)21-14-6-3-7-15-21)29(34)23-17-9-11-19-25(23)31/h2-19,26H,1H3/t26-,30+,31-/m0/s1. The predicted molar refractivity (Wildman–Crippen MR) is 132 cm³/mol. The maximum absolute atomic E-state index is 14.7. The summed E-state index contributed by atoms with van der Waals surface area (Å²) in [6.07, 6.45) is 0. The molecule has 0 unspecified atom stereocenters. The molecule has 0 bridgehead atoms. The first kappa shape index (κ1) is 21.4. The second-order valence-corrected chi connectivity index (χ2v) is 9.01. The van der Waals surface area contributed by atoms with Crippen LogP contribution in [0.4, 0.5) is 0 Å². The number of rotatable bonds is 5. The van der Waals surface area contributed by atoms with Gasteiger partial charge in [-0.3, -0.25) is 14.4 Å². The first-order valence-electron chi connectivity index (χ1n) is 11.6. The van der Waals surface area contributed by atoms with Gasteiger partial charge in [0.25, 0.3) is 0 Å². The van der Waals surface area contributed by atoms with Gasteiger partial charge in [0, 0.05) is 29.4 Å². The van der Waals surface area contributed by atoms with Crippen LogP contribution in [0, 0.1) is 5.41 Å². The first-order chi connectivity index (χ1) is 17.1. The van der Waals surface area contributed by atoms with Crippen molar-refractivity contribution in [3.8, 4) is 0 Å². The largest absolute Gasteiger partial charge is 0.367 e. The van der Waals surface area contributed by atoms with Crippen molar-refractivity contribution in [2.24, 2.45) is 5.41 Å². The number of methoxy groups -OCH3 is 1. The van der Waals surface area contributed by atoms with E-state index in [9.17, 15) is 14.4 Å². The molecule has 0 aliphatic heterocycles. The van der Waals surface area contributed by atoms with E-state index >= 15 is 0 Å². The summed E-state index contributed by atoms with van der Waals surface area (Å²) in [5.74, 6) is -2.11. The number of ether oxygens (including phenoxy) is 1. The SMILES string of the molecule is CO[C@@]12c3ccccc3C(=O)[C@]1(C(=O)c1ccccc1)[C@H](C(=O)c1ccccc1)c1ccccc12. The molecule has 0 spiro atoms. The van der Waals surface area contributed by atoms with Crippen molar-refractivity contribution in [2.75, 3.05) is 7.11 Å². The van der Waals surface area contributed by atoms with E-state index in [0.29, 0.717) is 33.4 Å². The summed E-state index contributed by atoms with van der Waals surface area (Å²) in [5, 5.41) is 0. The topological polar surface area (TPSA) is 60.4 Å². The van der Waals surface area contributed by atoms with Gasteiger partial charge in [-0.1, -0.05) is 109 Å². The zero-order chi connectivity index (χ0) is 24.2. The van der Waals surface area contributed by atoms with Crippen molar-refractivity contribution in [2.45, 2.75) is 11.5 Å². The smallest absolute Gasteiger partial charge is 0.181 e. The van der Waals surface area contributed by atoms with Crippen molar-refractivity contribution in [3.63, 3.8) is 0 Å². The Morgan fingerprint density at radius 2 is 1.23 bits per heavy atom. The number of benzene rings is 4. The van der Waals surface area contributed by atoms with Crippen LogP contribution in [0.1, 0.15) is 53.7 Å². The van der Waals surface area contributed by atoms with Crippen LogP contribution in [-0.2, 0) is 10.3 Å². The molecule has 0 aromatic heterocycles. The highest BCUT2D eigenvalue weighted by molar-refractivity contribution is 6.29. The van der Waals surface area contributed by atoms with E-state index in [-0.39, 0.29) is 11.6 Å². The molecule has 6 rings (SSSR count). The summed E-state index contributed by atoms with van der Waals surface area (Å²) in [7, 11) is 1.52. The molecule has 2 aliphatic carbocycles. The van der Waals surface area contributed by atoms with E-state index in [1.165, 1.54) is 7.11 Å². The average Bonchev–Trinajstić information content (AvgIpc) is 3.32. The van der Waals surface area contributed by atoms with Crippen LogP contribution in [0.2, 0.25) is 0 Å². The Kier molecular flexibility index (Phi) is 4.70. The summed E-state index contributed by atoms with van der Waals surface area (Å²) < 4.78 is 6.31. The molecule has 2 aliphatic rings. The molecule has 170 valence electrons. The lowest BCUT2D eigenvalue weighted by Gasteiger charge is -2.40. The summed E-state index contributed by atoms with van der Waals surface area (Å²) in [4.78, 5) is 43.5. The molecule has 4 aromatic carbocycles. The van der Waals surface area contributed by atoms with E-state index in [4.69, 9.17) is 4.74 Å². The molecule has 0 N–H and O–H groups in total. The molecular weight excluding hydrogens is 436 g/mol. The van der Waals surface area contributed by atoms with Crippen LogP contribution in [0.5, 0.6) is 0 Å². The third-order valence-corrected chi connectivity index (χ3v) is 7.57. The fourth-order valence-electron chi connectivity index (χ4n) is 6.27. The van der Waals surface area contributed by atoms with Crippen LogP contribution in [-0.4, -0.2) is 24.5 Å². The number of hydrogen-bond donors (Lipinski definition) is 0. The van der Waals surface area contributed by atoms with Crippen molar-refractivity contribution in [1.29, 1.82) is 0 Å². The zero-order valence-electron chi connectivity index (χ0n) is 19.1. The van der Waals surface area contributed by atoms with Crippen molar-refractivity contribution in [3.05, 3.63) is 143 Å². The molecule has 4 nitrogen and oxygen atoms in total. The van der Waals surface area contributed by atoms with Gasteiger partial charge in [-0.2, -0.15) is 0 Å². The number of carbonyl (C=O) groups is 3. The van der Waals surface area contributed by atoms with E-state index in [0.717, 1.165) is 0 Å². The molecule has 0 fully saturated rings. The molecule has 4 heteroatoms. The van der Waals surface area contributed by atoms with Crippen LogP contribution >= 0.6 is 0 Å². The van der Waals surface area contributed by atoms with Crippen LogP contribution in [0.15, 0.2) is 109 Å². The molecule has 0 saturated carbocycles. The Balaban J connectivity index is 1.76. The van der Waals surface area contributed by atoms with Gasteiger partial charge in [0.2, 0.25) is 0 Å². The molecule has 0 saturated heterocycles. The fourth-order valence-corrected chi connectivity index (χ4v) is 6.27. The van der Waals surface area contributed by atoms with Gasteiger partial charge in [0.1, 0.15) is 11.0 Å². The first-order valence-corrected chi connectivity index (χ1v) is 11.6. The summed E-state index contributed by atoms with van der Waals surface area (Å²) in [6, 6.07) is 32.2. The van der Waals surface area contributed by atoms with Gasteiger partial charge in [-0.05, 0) is 11.1 Å². The average molecular weight is 459 g/mol. The minimum atomic E-state index is -1.82. The van der Waals surface area contributed by atoms with E-state index in [1.54, 1.807) is 60.7 Å². The van der Waals surface area contributed by atoms with Gasteiger partial charge in [0.15, 0.2) is 17.3 Å². The molecule has 35 heavy (non-hydrogen) atoms. The molecule has 0 radical (unpaired) electrons. The summed E-state index contributed by atoms with van der Waals surface area (Å²) in [5.41, 5.74) is -0.0684. The number of fused-ring (bicyclic) bond motifs is 5. The van der Waals surface area contributed by atoms with Crippen molar-refractivity contribution >= 4 is 17.3 Å². The molecular formula is C31H22O4. The molecule has 4 aromatic rings. The summed E-state index contributed by atoms with van der Waals surface area (Å²) in [6.45, 7) is 0. The Morgan fingerprint density at radius 3 is 1.89 bits per heavy atom. The van der Waals surface area contributed by atoms with E-state index in [2.05, 4.69) is 0 Å². The second-order valence-electron chi connectivity index (χ2n) is 9.01. The third-order valence-electron chi connectivity index (χ3n) is 7.57. The highest BCUT2D eigenvalue weighted by Gasteiger charge is 2.77. The Morgan fingerprint density at radius 1 is 0.686 bits per heavy atom. The van der Waals surface area contributed by atoms with Crippen molar-refractivity contribution < 1.29 is 19.1 Å². The number of Topliss-reactive ketones (excluding diaryl/α,β-unsaturated/α-hetero) is 3. The quantitative estimate of drug-likeness (QED) is 0.288. The minimum Gasteiger partial charge on any atom is -0.367 e. The monoisotopic (exact) mass is 458 g/mol. The lowest BCUT2D eigenvalue weighted by molar-refractivity contribution is -0.0441. The maximum Gasteiger partial charge on any atom is 0.181 e. The number of carbonyl (C=O) groups excluding carboxylic acids is 3. The normalized spacial score (nSPS) is 23.9. The van der Waals surface area contributed by atoms with Gasteiger partial charge in [-0.15, -0.1) is 0 Å². The van der Waals surface area contributed by atoms with Crippen molar-refractivity contribution in [1.82, 2.24) is 0 Å².